The van der Waals surface area contributed by atoms with Crippen molar-refractivity contribution in [3.8, 4) is 5.75 Å². The van der Waals surface area contributed by atoms with Gasteiger partial charge in [0, 0.05) is 24.2 Å². The molecule has 0 aromatic heterocycles. The standard InChI is InChI=1S/C20H26N4O2.HI/c1-3-22-20(23-13-15-9-11-16(12-10-15)19(21)25)24-14-17-7-5-6-8-18(17)26-4-2;/h5-12H,3-4,13-14H2,1-2H3,(H2,21,25)(H2,22,23,24);1H. The maximum atomic E-state index is 11.1. The highest BCUT2D eigenvalue weighted by molar-refractivity contribution is 14.0. The van der Waals surface area contributed by atoms with Gasteiger partial charge >= 0.3 is 0 Å². The van der Waals surface area contributed by atoms with Gasteiger partial charge in [-0.05, 0) is 37.6 Å². The number of para-hydroxylation sites is 1. The van der Waals surface area contributed by atoms with E-state index in [4.69, 9.17) is 10.5 Å². The quantitative estimate of drug-likeness (QED) is 0.307. The second kappa shape index (κ2) is 12.2. The van der Waals surface area contributed by atoms with Gasteiger partial charge in [-0.15, -0.1) is 24.0 Å². The fraction of sp³-hybridized carbons (Fsp3) is 0.300. The molecule has 0 aliphatic carbocycles. The van der Waals surface area contributed by atoms with Crippen LogP contribution in [0.5, 0.6) is 5.75 Å². The molecule has 0 spiro atoms. The third-order valence-corrected chi connectivity index (χ3v) is 3.72. The minimum atomic E-state index is -0.428. The molecule has 0 bridgehead atoms. The zero-order valence-electron chi connectivity index (χ0n) is 15.7. The molecule has 2 aromatic carbocycles. The second-order valence-corrected chi connectivity index (χ2v) is 5.65. The molecular formula is C20H27IN4O2. The Balaban J connectivity index is 0.00000364. The van der Waals surface area contributed by atoms with Gasteiger partial charge in [0.1, 0.15) is 5.75 Å². The molecule has 27 heavy (non-hydrogen) atoms. The minimum Gasteiger partial charge on any atom is -0.494 e. The number of rotatable bonds is 8. The number of hydrogen-bond donors (Lipinski definition) is 3. The molecule has 0 aliphatic rings. The van der Waals surface area contributed by atoms with Gasteiger partial charge in [-0.1, -0.05) is 30.3 Å². The maximum absolute atomic E-state index is 11.1. The number of benzene rings is 2. The van der Waals surface area contributed by atoms with E-state index < -0.39 is 5.91 Å². The van der Waals surface area contributed by atoms with E-state index in [9.17, 15) is 4.79 Å². The summed E-state index contributed by atoms with van der Waals surface area (Å²) in [7, 11) is 0. The molecule has 0 radical (unpaired) electrons. The summed E-state index contributed by atoms with van der Waals surface area (Å²) in [4.78, 5) is 15.7. The number of carbonyl (C=O) groups excluding carboxylic acids is 1. The van der Waals surface area contributed by atoms with E-state index in [-0.39, 0.29) is 24.0 Å². The molecule has 0 fully saturated rings. The van der Waals surface area contributed by atoms with Crippen molar-refractivity contribution in [1.29, 1.82) is 0 Å². The number of nitrogens with two attached hydrogens (primary N) is 1. The minimum absolute atomic E-state index is 0. The third-order valence-electron chi connectivity index (χ3n) is 3.72. The molecule has 0 heterocycles. The molecule has 6 nitrogen and oxygen atoms in total. The van der Waals surface area contributed by atoms with Gasteiger partial charge in [0.05, 0.1) is 13.2 Å². The molecule has 1 amide bonds. The number of ether oxygens (including phenoxy) is 1. The summed E-state index contributed by atoms with van der Waals surface area (Å²) in [5.41, 5.74) is 7.83. The summed E-state index contributed by atoms with van der Waals surface area (Å²) in [6.07, 6.45) is 0. The van der Waals surface area contributed by atoms with Crippen LogP contribution in [0.1, 0.15) is 35.3 Å². The van der Waals surface area contributed by atoms with E-state index in [2.05, 4.69) is 15.6 Å². The van der Waals surface area contributed by atoms with Crippen molar-refractivity contribution in [2.24, 2.45) is 10.7 Å². The number of nitrogens with one attached hydrogen (secondary N) is 2. The van der Waals surface area contributed by atoms with E-state index in [1.807, 2.05) is 50.2 Å². The number of aliphatic imine (C=N–C) groups is 1. The highest BCUT2D eigenvalue weighted by atomic mass is 127. The van der Waals surface area contributed by atoms with E-state index in [1.165, 1.54) is 0 Å². The van der Waals surface area contributed by atoms with Crippen LogP contribution in [0.4, 0.5) is 0 Å². The van der Waals surface area contributed by atoms with Crippen LogP contribution in [0, 0.1) is 0 Å². The molecule has 0 unspecified atom stereocenters. The fourth-order valence-corrected chi connectivity index (χ4v) is 2.41. The van der Waals surface area contributed by atoms with Crippen molar-refractivity contribution in [3.05, 3.63) is 65.2 Å². The fourth-order valence-electron chi connectivity index (χ4n) is 2.41. The first-order valence-corrected chi connectivity index (χ1v) is 8.75. The average molecular weight is 482 g/mol. The van der Waals surface area contributed by atoms with Gasteiger partial charge in [-0.2, -0.15) is 0 Å². The van der Waals surface area contributed by atoms with Crippen LogP contribution >= 0.6 is 24.0 Å². The number of primary amides is 1. The van der Waals surface area contributed by atoms with Crippen LogP contribution in [-0.4, -0.2) is 25.0 Å². The number of guanidine groups is 1. The Bertz CT molecular complexity index is 748. The monoisotopic (exact) mass is 482 g/mol. The smallest absolute Gasteiger partial charge is 0.248 e. The largest absolute Gasteiger partial charge is 0.494 e. The van der Waals surface area contributed by atoms with Crippen molar-refractivity contribution in [3.63, 3.8) is 0 Å². The molecular weight excluding hydrogens is 455 g/mol. The van der Waals surface area contributed by atoms with E-state index >= 15 is 0 Å². The lowest BCUT2D eigenvalue weighted by Crippen LogP contribution is -2.36. The van der Waals surface area contributed by atoms with Crippen LogP contribution in [0.2, 0.25) is 0 Å². The Labute approximate surface area is 177 Å². The number of amides is 1. The summed E-state index contributed by atoms with van der Waals surface area (Å²) in [5, 5.41) is 6.55. The number of nitrogens with zero attached hydrogens (tertiary/aromatic N) is 1. The van der Waals surface area contributed by atoms with Gasteiger partial charge in [-0.3, -0.25) is 4.79 Å². The lowest BCUT2D eigenvalue weighted by atomic mass is 10.1. The molecule has 0 aliphatic heterocycles. The topological polar surface area (TPSA) is 88.7 Å². The van der Waals surface area contributed by atoms with Gasteiger partial charge < -0.3 is 21.1 Å². The van der Waals surface area contributed by atoms with Crippen molar-refractivity contribution in [1.82, 2.24) is 10.6 Å². The summed E-state index contributed by atoms with van der Waals surface area (Å²) in [6, 6.07) is 15.1. The van der Waals surface area contributed by atoms with Crippen molar-refractivity contribution in [2.45, 2.75) is 26.9 Å². The first kappa shape index (κ1) is 22.8. The van der Waals surface area contributed by atoms with Gasteiger partial charge in [-0.25, -0.2) is 4.99 Å². The summed E-state index contributed by atoms with van der Waals surface area (Å²) in [5.74, 6) is 1.17. The first-order chi connectivity index (χ1) is 12.6. The molecule has 2 rings (SSSR count). The van der Waals surface area contributed by atoms with Crippen molar-refractivity contribution in [2.75, 3.05) is 13.2 Å². The lowest BCUT2D eigenvalue weighted by Gasteiger charge is -2.14. The highest BCUT2D eigenvalue weighted by Crippen LogP contribution is 2.17. The molecule has 0 saturated heterocycles. The van der Waals surface area contributed by atoms with Gasteiger partial charge in [0.15, 0.2) is 5.96 Å². The van der Waals surface area contributed by atoms with Gasteiger partial charge in [0.2, 0.25) is 5.91 Å². The normalized spacial score (nSPS) is 10.7. The average Bonchev–Trinajstić information content (AvgIpc) is 2.65. The Morgan fingerprint density at radius 2 is 1.78 bits per heavy atom. The predicted molar refractivity (Wildman–Crippen MR) is 120 cm³/mol. The van der Waals surface area contributed by atoms with Crippen LogP contribution in [0.3, 0.4) is 0 Å². The number of hydrogen-bond acceptors (Lipinski definition) is 3. The SMILES string of the molecule is CCNC(=NCc1ccc(C(N)=O)cc1)NCc1ccccc1OCC.I. The summed E-state index contributed by atoms with van der Waals surface area (Å²) < 4.78 is 5.65. The van der Waals surface area contributed by atoms with E-state index in [0.717, 1.165) is 29.4 Å². The predicted octanol–water partition coefficient (Wildman–Crippen LogP) is 3.06. The molecule has 2 aromatic rings. The van der Waals surface area contributed by atoms with E-state index in [1.54, 1.807) is 12.1 Å². The Morgan fingerprint density at radius 1 is 1.07 bits per heavy atom. The van der Waals surface area contributed by atoms with Crippen LogP contribution in [0.25, 0.3) is 0 Å². The summed E-state index contributed by atoms with van der Waals surface area (Å²) >= 11 is 0. The second-order valence-electron chi connectivity index (χ2n) is 5.65. The Hall–Kier alpha value is -2.29. The number of halogens is 1. The lowest BCUT2D eigenvalue weighted by molar-refractivity contribution is 0.100. The molecule has 4 N–H and O–H groups in total. The third kappa shape index (κ3) is 7.46. The first-order valence-electron chi connectivity index (χ1n) is 8.75. The van der Waals surface area contributed by atoms with E-state index in [0.29, 0.717) is 25.3 Å². The molecule has 0 saturated carbocycles. The molecule has 7 heteroatoms. The van der Waals surface area contributed by atoms with Crippen molar-refractivity contribution >= 4 is 35.8 Å². The zero-order valence-corrected chi connectivity index (χ0v) is 18.0. The van der Waals surface area contributed by atoms with Crippen LogP contribution in [-0.2, 0) is 13.1 Å². The van der Waals surface area contributed by atoms with Crippen LogP contribution < -0.4 is 21.1 Å². The van der Waals surface area contributed by atoms with Gasteiger partial charge in [0.25, 0.3) is 0 Å². The van der Waals surface area contributed by atoms with Crippen LogP contribution in [0.15, 0.2) is 53.5 Å². The zero-order chi connectivity index (χ0) is 18.8. The molecule has 0 atom stereocenters. The maximum Gasteiger partial charge on any atom is 0.248 e. The van der Waals surface area contributed by atoms with Crippen molar-refractivity contribution < 1.29 is 9.53 Å². The number of carbonyl (C=O) groups is 1. The summed E-state index contributed by atoms with van der Waals surface area (Å²) in [6.45, 7) is 6.50. The Kier molecular flexibility index (Phi) is 10.2. The Morgan fingerprint density at radius 3 is 2.41 bits per heavy atom. The molecule has 146 valence electrons. The highest BCUT2D eigenvalue weighted by Gasteiger charge is 2.04.